The van der Waals surface area contributed by atoms with Crippen LogP contribution < -0.4 is 5.43 Å². The highest BCUT2D eigenvalue weighted by molar-refractivity contribution is 7.21. The second-order valence-electron chi connectivity index (χ2n) is 5.54. The van der Waals surface area contributed by atoms with E-state index < -0.39 is 0 Å². The standard InChI is InChI=1S/C20H14N2O2S/c23-19-16-9-3-4-11-17(16)25-18(19)12-21-22-20(24)15-10-5-7-13-6-1-2-8-14(13)15/h1-12,23H,(H,22,24)/b21-12+. The van der Waals surface area contributed by atoms with Crippen LogP contribution in [0.15, 0.2) is 71.8 Å². The number of thiophene rings is 1. The third kappa shape index (κ3) is 2.86. The third-order valence-electron chi connectivity index (χ3n) is 3.98. The van der Waals surface area contributed by atoms with Gasteiger partial charge in [-0.15, -0.1) is 11.3 Å². The van der Waals surface area contributed by atoms with Crippen LogP contribution >= 0.6 is 11.3 Å². The van der Waals surface area contributed by atoms with Gasteiger partial charge in [0.25, 0.3) is 5.91 Å². The predicted octanol–water partition coefficient (Wildman–Crippen LogP) is 4.52. The average Bonchev–Trinajstić information content (AvgIpc) is 2.97. The Morgan fingerprint density at radius 3 is 2.52 bits per heavy atom. The molecule has 0 radical (unpaired) electrons. The molecule has 4 rings (SSSR count). The first-order chi connectivity index (χ1) is 12.2. The topological polar surface area (TPSA) is 61.7 Å². The van der Waals surface area contributed by atoms with Crippen molar-refractivity contribution in [2.75, 3.05) is 0 Å². The highest BCUT2D eigenvalue weighted by atomic mass is 32.1. The van der Waals surface area contributed by atoms with Crippen LogP contribution in [-0.4, -0.2) is 17.2 Å². The lowest BCUT2D eigenvalue weighted by atomic mass is 10.0. The number of nitrogens with one attached hydrogen (secondary N) is 1. The van der Waals surface area contributed by atoms with Crippen LogP contribution in [0.25, 0.3) is 20.9 Å². The zero-order valence-electron chi connectivity index (χ0n) is 13.1. The lowest BCUT2D eigenvalue weighted by Gasteiger charge is -2.04. The van der Waals surface area contributed by atoms with Gasteiger partial charge in [-0.05, 0) is 29.0 Å². The van der Waals surface area contributed by atoms with Gasteiger partial charge in [0.05, 0.1) is 11.1 Å². The Morgan fingerprint density at radius 1 is 0.960 bits per heavy atom. The number of nitrogens with zero attached hydrogens (tertiary/aromatic N) is 1. The number of aromatic hydroxyl groups is 1. The van der Waals surface area contributed by atoms with Crippen molar-refractivity contribution < 1.29 is 9.90 Å². The Hall–Kier alpha value is -3.18. The van der Waals surface area contributed by atoms with E-state index >= 15 is 0 Å². The first-order valence-corrected chi connectivity index (χ1v) is 8.57. The fraction of sp³-hybridized carbons (Fsp3) is 0. The molecule has 0 aliphatic carbocycles. The summed E-state index contributed by atoms with van der Waals surface area (Å²) in [5.74, 6) is -0.0996. The van der Waals surface area contributed by atoms with Gasteiger partial charge in [-0.2, -0.15) is 5.10 Å². The summed E-state index contributed by atoms with van der Waals surface area (Å²) in [6, 6.07) is 20.9. The van der Waals surface area contributed by atoms with Crippen molar-refractivity contribution in [2.24, 2.45) is 5.10 Å². The smallest absolute Gasteiger partial charge is 0.271 e. The second kappa shape index (κ2) is 6.37. The Balaban J connectivity index is 1.58. The SMILES string of the molecule is O=C(N/N=C/c1sc2ccccc2c1O)c1cccc2ccccc12. The first kappa shape index (κ1) is 15.4. The monoisotopic (exact) mass is 346 g/mol. The van der Waals surface area contributed by atoms with Crippen molar-refractivity contribution in [1.29, 1.82) is 0 Å². The van der Waals surface area contributed by atoms with Gasteiger partial charge >= 0.3 is 0 Å². The van der Waals surface area contributed by atoms with Gasteiger partial charge in [0.2, 0.25) is 0 Å². The minimum atomic E-state index is -0.284. The molecule has 0 spiro atoms. The van der Waals surface area contributed by atoms with Crippen LogP contribution in [0.2, 0.25) is 0 Å². The zero-order valence-corrected chi connectivity index (χ0v) is 14.0. The predicted molar refractivity (Wildman–Crippen MR) is 102 cm³/mol. The molecule has 0 atom stereocenters. The van der Waals surface area contributed by atoms with Gasteiger partial charge in [0.1, 0.15) is 5.75 Å². The van der Waals surface area contributed by atoms with E-state index in [0.717, 1.165) is 20.9 Å². The maximum absolute atomic E-state index is 12.4. The van der Waals surface area contributed by atoms with Gasteiger partial charge < -0.3 is 5.11 Å². The van der Waals surface area contributed by atoms with Crippen molar-refractivity contribution in [2.45, 2.75) is 0 Å². The average molecular weight is 346 g/mol. The Kier molecular flexibility index (Phi) is 3.91. The summed E-state index contributed by atoms with van der Waals surface area (Å²) in [5.41, 5.74) is 3.10. The van der Waals surface area contributed by atoms with Crippen molar-refractivity contribution >= 4 is 44.3 Å². The molecule has 4 nitrogen and oxygen atoms in total. The van der Waals surface area contributed by atoms with E-state index in [0.29, 0.717) is 10.4 Å². The summed E-state index contributed by atoms with van der Waals surface area (Å²) in [7, 11) is 0. The van der Waals surface area contributed by atoms with E-state index in [1.807, 2.05) is 60.7 Å². The maximum atomic E-state index is 12.4. The molecule has 0 saturated heterocycles. The summed E-state index contributed by atoms with van der Waals surface area (Å²) in [4.78, 5) is 13.0. The minimum Gasteiger partial charge on any atom is -0.506 e. The van der Waals surface area contributed by atoms with Crippen LogP contribution in [0, 0.1) is 0 Å². The molecule has 1 heterocycles. The molecule has 0 saturated carbocycles. The molecule has 0 fully saturated rings. The van der Waals surface area contributed by atoms with Gasteiger partial charge in [0, 0.05) is 15.6 Å². The van der Waals surface area contributed by atoms with Crippen LogP contribution in [-0.2, 0) is 0 Å². The Labute approximate surface area is 148 Å². The zero-order chi connectivity index (χ0) is 17.2. The van der Waals surface area contributed by atoms with Crippen LogP contribution in [0.1, 0.15) is 15.2 Å². The van der Waals surface area contributed by atoms with E-state index in [1.165, 1.54) is 17.6 Å². The van der Waals surface area contributed by atoms with Crippen LogP contribution in [0.5, 0.6) is 5.75 Å². The van der Waals surface area contributed by atoms with E-state index in [1.54, 1.807) is 6.07 Å². The molecule has 1 aromatic heterocycles. The summed E-state index contributed by atoms with van der Waals surface area (Å²) in [6.07, 6.45) is 1.48. The fourth-order valence-corrected chi connectivity index (χ4v) is 3.74. The lowest BCUT2D eigenvalue weighted by Crippen LogP contribution is -2.17. The number of amides is 1. The van der Waals surface area contributed by atoms with Crippen molar-refractivity contribution in [3.05, 3.63) is 77.2 Å². The molecule has 0 aliphatic heterocycles. The number of benzene rings is 3. The molecular formula is C20H14N2O2S. The van der Waals surface area contributed by atoms with Crippen molar-refractivity contribution in [3.8, 4) is 5.75 Å². The molecule has 0 unspecified atom stereocenters. The molecule has 122 valence electrons. The van der Waals surface area contributed by atoms with Gasteiger partial charge in [-0.3, -0.25) is 4.79 Å². The summed E-state index contributed by atoms with van der Waals surface area (Å²) in [5, 5.41) is 16.9. The molecule has 5 heteroatoms. The van der Waals surface area contributed by atoms with Gasteiger partial charge in [-0.25, -0.2) is 5.43 Å². The summed E-state index contributed by atoms with van der Waals surface area (Å²) in [6.45, 7) is 0. The second-order valence-corrected chi connectivity index (χ2v) is 6.62. The lowest BCUT2D eigenvalue weighted by molar-refractivity contribution is 0.0957. The number of hydrogen-bond acceptors (Lipinski definition) is 4. The third-order valence-corrected chi connectivity index (χ3v) is 5.07. The van der Waals surface area contributed by atoms with E-state index in [2.05, 4.69) is 10.5 Å². The quantitative estimate of drug-likeness (QED) is 0.423. The van der Waals surface area contributed by atoms with Crippen LogP contribution in [0.4, 0.5) is 0 Å². The number of hydrogen-bond donors (Lipinski definition) is 2. The van der Waals surface area contributed by atoms with Gasteiger partial charge in [-0.1, -0.05) is 48.5 Å². The van der Waals surface area contributed by atoms with Crippen LogP contribution in [0.3, 0.4) is 0 Å². The summed E-state index contributed by atoms with van der Waals surface area (Å²) < 4.78 is 0.974. The molecule has 3 aromatic carbocycles. The number of rotatable bonds is 3. The fourth-order valence-electron chi connectivity index (χ4n) is 2.77. The molecule has 4 aromatic rings. The first-order valence-electron chi connectivity index (χ1n) is 7.76. The number of carbonyl (C=O) groups excluding carboxylic acids is 1. The molecule has 0 aliphatic rings. The maximum Gasteiger partial charge on any atom is 0.271 e. The number of carbonyl (C=O) groups is 1. The number of hydrazone groups is 1. The summed E-state index contributed by atoms with van der Waals surface area (Å²) >= 11 is 1.42. The van der Waals surface area contributed by atoms with Gasteiger partial charge in [0.15, 0.2) is 0 Å². The Bertz CT molecular complexity index is 1110. The molecule has 2 N–H and O–H groups in total. The van der Waals surface area contributed by atoms with Crippen molar-refractivity contribution in [1.82, 2.24) is 5.43 Å². The highest BCUT2D eigenvalue weighted by Crippen LogP contribution is 2.35. The van der Waals surface area contributed by atoms with E-state index in [9.17, 15) is 9.90 Å². The molecule has 25 heavy (non-hydrogen) atoms. The number of fused-ring (bicyclic) bond motifs is 2. The Morgan fingerprint density at radius 2 is 1.68 bits per heavy atom. The largest absolute Gasteiger partial charge is 0.506 e. The van der Waals surface area contributed by atoms with E-state index in [4.69, 9.17) is 0 Å². The van der Waals surface area contributed by atoms with E-state index in [-0.39, 0.29) is 11.7 Å². The highest BCUT2D eigenvalue weighted by Gasteiger charge is 2.10. The molecule has 1 amide bonds. The normalized spacial score (nSPS) is 11.4. The minimum absolute atomic E-state index is 0.184. The molecular weight excluding hydrogens is 332 g/mol. The van der Waals surface area contributed by atoms with Crippen molar-refractivity contribution in [3.63, 3.8) is 0 Å². The molecule has 0 bridgehead atoms.